The van der Waals surface area contributed by atoms with Crippen LogP contribution in [0.4, 0.5) is 5.82 Å². The highest BCUT2D eigenvalue weighted by Gasteiger charge is 2.19. The van der Waals surface area contributed by atoms with Crippen LogP contribution >= 0.6 is 23.1 Å². The van der Waals surface area contributed by atoms with Crippen molar-refractivity contribution in [3.05, 3.63) is 10.4 Å². The Hall–Kier alpha value is -1.38. The first-order valence-corrected chi connectivity index (χ1v) is 11.6. The van der Waals surface area contributed by atoms with Crippen molar-refractivity contribution in [2.75, 3.05) is 37.7 Å². The number of aromatic nitrogens is 2. The molecule has 8 heteroatoms. The normalized spacial score (nSPS) is 14.3. The van der Waals surface area contributed by atoms with Crippen molar-refractivity contribution in [3.63, 3.8) is 0 Å². The molecule has 0 saturated carbocycles. The second kappa shape index (κ2) is 9.71. The lowest BCUT2D eigenvalue weighted by Gasteiger charge is -2.17. The lowest BCUT2D eigenvalue weighted by molar-refractivity contribution is -0.118. The molecular formula is C19H29N5OS2. The number of nitrogens with zero attached hydrogens (tertiary/aromatic N) is 3. The molecule has 0 aliphatic heterocycles. The number of nitrogen functional groups attached to an aromatic ring is 1. The van der Waals surface area contributed by atoms with Crippen LogP contribution in [0.5, 0.6) is 0 Å². The lowest BCUT2D eigenvalue weighted by atomic mass is 10.1. The third-order valence-electron chi connectivity index (χ3n) is 5.05. The summed E-state index contributed by atoms with van der Waals surface area (Å²) in [6.07, 6.45) is 5.92. The molecule has 0 saturated heterocycles. The summed E-state index contributed by atoms with van der Waals surface area (Å²) >= 11 is 3.10. The first-order valence-electron chi connectivity index (χ1n) is 9.82. The number of likely N-dealkylation sites (N-methyl/N-ethyl adjacent to an activating group) is 1. The predicted molar refractivity (Wildman–Crippen MR) is 115 cm³/mol. The van der Waals surface area contributed by atoms with E-state index in [1.807, 2.05) is 0 Å². The van der Waals surface area contributed by atoms with Gasteiger partial charge in [0.05, 0.1) is 11.1 Å². The molecule has 1 aliphatic rings. The van der Waals surface area contributed by atoms with Gasteiger partial charge in [-0.25, -0.2) is 9.97 Å². The Balaban J connectivity index is 1.60. The summed E-state index contributed by atoms with van der Waals surface area (Å²) in [5, 5.41) is 4.60. The summed E-state index contributed by atoms with van der Waals surface area (Å²) < 4.78 is 0. The molecule has 0 bridgehead atoms. The Labute approximate surface area is 169 Å². The fraction of sp³-hybridized carbons (Fsp3) is 0.632. The molecule has 0 unspecified atom stereocenters. The SMILES string of the molecule is CCN(CC)CCNC(=O)CSc1nc(N)c2c3c(sc2n1)CCCCC3. The summed E-state index contributed by atoms with van der Waals surface area (Å²) in [5.41, 5.74) is 7.62. The number of anilines is 1. The summed E-state index contributed by atoms with van der Waals surface area (Å²) in [5.74, 6) is 0.883. The quantitative estimate of drug-likeness (QED) is 0.397. The van der Waals surface area contributed by atoms with Crippen molar-refractivity contribution in [2.45, 2.75) is 51.1 Å². The highest BCUT2D eigenvalue weighted by atomic mass is 32.2. The minimum Gasteiger partial charge on any atom is -0.383 e. The molecule has 2 aromatic rings. The molecule has 1 amide bonds. The van der Waals surface area contributed by atoms with Crippen LogP contribution in [0.25, 0.3) is 10.2 Å². The first-order chi connectivity index (χ1) is 13.1. The molecule has 3 N–H and O–H groups in total. The minimum atomic E-state index is 0.0105. The number of rotatable bonds is 8. The van der Waals surface area contributed by atoms with Gasteiger partial charge in [-0.1, -0.05) is 32.0 Å². The van der Waals surface area contributed by atoms with Crippen molar-refractivity contribution in [1.29, 1.82) is 0 Å². The Kier molecular flexibility index (Phi) is 7.32. The lowest BCUT2D eigenvalue weighted by Crippen LogP contribution is -2.35. The van der Waals surface area contributed by atoms with Crippen LogP contribution in [0.2, 0.25) is 0 Å². The van der Waals surface area contributed by atoms with E-state index in [0.717, 1.165) is 42.7 Å². The zero-order chi connectivity index (χ0) is 19.2. The molecule has 0 radical (unpaired) electrons. The zero-order valence-corrected chi connectivity index (χ0v) is 17.8. The maximum absolute atomic E-state index is 12.1. The van der Waals surface area contributed by atoms with E-state index in [0.29, 0.717) is 23.3 Å². The van der Waals surface area contributed by atoms with E-state index in [2.05, 4.69) is 34.0 Å². The minimum absolute atomic E-state index is 0.0105. The number of carbonyl (C=O) groups excluding carboxylic acids is 1. The smallest absolute Gasteiger partial charge is 0.230 e. The van der Waals surface area contributed by atoms with E-state index in [-0.39, 0.29) is 5.91 Å². The van der Waals surface area contributed by atoms with Crippen molar-refractivity contribution in [1.82, 2.24) is 20.2 Å². The number of fused-ring (bicyclic) bond motifs is 3. The molecule has 3 rings (SSSR count). The summed E-state index contributed by atoms with van der Waals surface area (Å²) in [6, 6.07) is 0. The average molecular weight is 408 g/mol. The monoisotopic (exact) mass is 407 g/mol. The number of thioether (sulfide) groups is 1. The summed E-state index contributed by atoms with van der Waals surface area (Å²) in [4.78, 5) is 25.9. The second-order valence-electron chi connectivity index (χ2n) is 6.80. The molecule has 0 atom stereocenters. The van der Waals surface area contributed by atoms with Crippen LogP contribution in [-0.4, -0.2) is 52.7 Å². The standard InChI is InChI=1S/C19H29N5OS2/c1-3-24(4-2)11-10-21-15(25)12-26-19-22-17(20)16-13-8-6-5-7-9-14(13)27-18(16)23-19/h3-12H2,1-2H3,(H,21,25)(H2,20,22,23). The van der Waals surface area contributed by atoms with Crippen LogP contribution in [0.1, 0.15) is 43.6 Å². The van der Waals surface area contributed by atoms with E-state index < -0.39 is 0 Å². The molecular weight excluding hydrogens is 378 g/mol. The van der Waals surface area contributed by atoms with Gasteiger partial charge in [-0.15, -0.1) is 11.3 Å². The number of carbonyl (C=O) groups is 1. The van der Waals surface area contributed by atoms with Gasteiger partial charge in [-0.05, 0) is 44.3 Å². The van der Waals surface area contributed by atoms with Crippen LogP contribution in [0, 0.1) is 0 Å². The van der Waals surface area contributed by atoms with E-state index in [4.69, 9.17) is 5.73 Å². The van der Waals surface area contributed by atoms with Crippen LogP contribution in [0.3, 0.4) is 0 Å². The van der Waals surface area contributed by atoms with Crippen molar-refractivity contribution < 1.29 is 4.79 Å². The van der Waals surface area contributed by atoms with Gasteiger partial charge in [0.1, 0.15) is 10.6 Å². The number of nitrogens with one attached hydrogen (secondary N) is 1. The van der Waals surface area contributed by atoms with E-state index >= 15 is 0 Å². The number of hydrogen-bond acceptors (Lipinski definition) is 7. The first kappa shape index (κ1) is 20.4. The molecule has 0 fully saturated rings. The number of hydrogen-bond donors (Lipinski definition) is 2. The Morgan fingerprint density at radius 1 is 1.22 bits per heavy atom. The topological polar surface area (TPSA) is 84.1 Å². The van der Waals surface area contributed by atoms with Crippen LogP contribution < -0.4 is 11.1 Å². The van der Waals surface area contributed by atoms with Crippen molar-refractivity contribution in [2.24, 2.45) is 0 Å². The molecule has 0 aromatic carbocycles. The van der Waals surface area contributed by atoms with Crippen LogP contribution in [0.15, 0.2) is 5.16 Å². The molecule has 0 spiro atoms. The largest absolute Gasteiger partial charge is 0.383 e. The van der Waals surface area contributed by atoms with E-state index in [1.54, 1.807) is 11.3 Å². The number of nitrogens with two attached hydrogens (primary N) is 1. The predicted octanol–water partition coefficient (Wildman–Crippen LogP) is 3.09. The number of aryl methyl sites for hydroxylation is 2. The second-order valence-corrected chi connectivity index (χ2v) is 8.83. The Bertz CT molecular complexity index is 788. The Morgan fingerprint density at radius 2 is 2.00 bits per heavy atom. The van der Waals surface area contributed by atoms with Crippen molar-refractivity contribution >= 4 is 45.0 Å². The summed E-state index contributed by atoms with van der Waals surface area (Å²) in [6.45, 7) is 7.80. The third kappa shape index (κ3) is 5.12. The third-order valence-corrected chi connectivity index (χ3v) is 7.08. The number of thiophene rings is 1. The highest BCUT2D eigenvalue weighted by Crippen LogP contribution is 2.37. The zero-order valence-electron chi connectivity index (χ0n) is 16.2. The van der Waals surface area contributed by atoms with E-state index in [9.17, 15) is 4.79 Å². The van der Waals surface area contributed by atoms with Gasteiger partial charge in [0, 0.05) is 18.0 Å². The van der Waals surface area contributed by atoms with Gasteiger partial charge < -0.3 is 16.0 Å². The molecule has 2 aromatic heterocycles. The molecule has 6 nitrogen and oxygen atoms in total. The molecule has 148 valence electrons. The summed E-state index contributed by atoms with van der Waals surface area (Å²) in [7, 11) is 0. The van der Waals surface area contributed by atoms with Gasteiger partial charge in [0.25, 0.3) is 0 Å². The van der Waals surface area contributed by atoms with E-state index in [1.165, 1.54) is 41.5 Å². The molecule has 27 heavy (non-hydrogen) atoms. The van der Waals surface area contributed by atoms with Gasteiger partial charge >= 0.3 is 0 Å². The Morgan fingerprint density at radius 3 is 2.78 bits per heavy atom. The molecule has 2 heterocycles. The van der Waals surface area contributed by atoms with Gasteiger partial charge in [0.2, 0.25) is 5.91 Å². The van der Waals surface area contributed by atoms with Crippen molar-refractivity contribution in [3.8, 4) is 0 Å². The fourth-order valence-corrected chi connectivity index (χ4v) is 5.49. The highest BCUT2D eigenvalue weighted by molar-refractivity contribution is 7.99. The maximum Gasteiger partial charge on any atom is 0.230 e. The van der Waals surface area contributed by atoms with Gasteiger partial charge in [0.15, 0.2) is 5.16 Å². The average Bonchev–Trinajstić information content (AvgIpc) is 2.85. The van der Waals surface area contributed by atoms with Gasteiger partial charge in [-0.3, -0.25) is 4.79 Å². The van der Waals surface area contributed by atoms with Crippen LogP contribution in [-0.2, 0) is 17.6 Å². The fourth-order valence-electron chi connectivity index (χ4n) is 3.48. The van der Waals surface area contributed by atoms with Gasteiger partial charge in [-0.2, -0.15) is 0 Å². The number of amides is 1. The molecule has 1 aliphatic carbocycles. The maximum atomic E-state index is 12.1.